The molecule has 1 aliphatic heterocycles. The first kappa shape index (κ1) is 13.2. The molecule has 1 amide bonds. The number of hydrazine groups is 1. The molecule has 0 fully saturated rings. The third-order valence-corrected chi connectivity index (χ3v) is 3.12. The minimum Gasteiger partial charge on any atom is -0.478 e. The molecule has 1 aromatic rings. The Hall–Kier alpha value is -2.28. The van der Waals surface area contributed by atoms with Crippen LogP contribution in [0.5, 0.6) is 0 Å². The van der Waals surface area contributed by atoms with E-state index in [-0.39, 0.29) is 5.91 Å². The van der Waals surface area contributed by atoms with Crippen molar-refractivity contribution in [2.24, 2.45) is 4.99 Å². The van der Waals surface area contributed by atoms with Crippen molar-refractivity contribution in [1.29, 1.82) is 0 Å². The Bertz CT molecular complexity index is 555. The van der Waals surface area contributed by atoms with Crippen molar-refractivity contribution in [3.05, 3.63) is 47.7 Å². The number of amides is 1. The van der Waals surface area contributed by atoms with Crippen LogP contribution in [0.25, 0.3) is 0 Å². The summed E-state index contributed by atoms with van der Waals surface area (Å²) < 4.78 is 0. The van der Waals surface area contributed by atoms with E-state index in [0.717, 1.165) is 6.08 Å². The van der Waals surface area contributed by atoms with Crippen LogP contribution in [-0.2, 0) is 4.79 Å². The fourth-order valence-corrected chi connectivity index (χ4v) is 2.13. The molecule has 0 atom stereocenters. The zero-order valence-corrected chi connectivity index (χ0v) is 10.6. The van der Waals surface area contributed by atoms with E-state index >= 15 is 0 Å². The van der Waals surface area contributed by atoms with Crippen LogP contribution >= 0.6 is 11.8 Å². The molecule has 0 spiro atoms. The molecule has 2 rings (SSSR count). The van der Waals surface area contributed by atoms with E-state index in [0.29, 0.717) is 22.2 Å². The lowest BCUT2D eigenvalue weighted by Crippen LogP contribution is -2.39. The van der Waals surface area contributed by atoms with E-state index in [9.17, 15) is 9.59 Å². The molecular formula is C12H11N3O3S. The van der Waals surface area contributed by atoms with Crippen LogP contribution in [0, 0.1) is 0 Å². The van der Waals surface area contributed by atoms with Crippen LogP contribution in [-0.4, -0.2) is 27.9 Å². The highest BCUT2D eigenvalue weighted by atomic mass is 32.2. The molecule has 0 unspecified atom stereocenters. The van der Waals surface area contributed by atoms with Crippen LogP contribution in [0.1, 0.15) is 10.4 Å². The molecule has 0 bridgehead atoms. The van der Waals surface area contributed by atoms with Crippen molar-refractivity contribution < 1.29 is 14.7 Å². The van der Waals surface area contributed by atoms with E-state index in [1.54, 1.807) is 24.3 Å². The van der Waals surface area contributed by atoms with Gasteiger partial charge in [0.1, 0.15) is 0 Å². The van der Waals surface area contributed by atoms with Gasteiger partial charge in [-0.05, 0) is 12.1 Å². The molecule has 0 saturated carbocycles. The van der Waals surface area contributed by atoms with Crippen molar-refractivity contribution in [2.45, 2.75) is 0 Å². The molecule has 6 nitrogen and oxygen atoms in total. The second kappa shape index (κ2) is 6.05. The topological polar surface area (TPSA) is 90.8 Å². The number of hydrogen-bond donors (Lipinski definition) is 3. The molecule has 1 aliphatic rings. The fraction of sp³-hybridized carbons (Fsp3) is 0.0833. The van der Waals surface area contributed by atoms with Gasteiger partial charge in [-0.25, -0.2) is 9.79 Å². The molecule has 0 saturated heterocycles. The van der Waals surface area contributed by atoms with Gasteiger partial charge in [-0.1, -0.05) is 30.0 Å². The summed E-state index contributed by atoms with van der Waals surface area (Å²) in [6.45, 7) is 0. The minimum atomic E-state index is -1.03. The largest absolute Gasteiger partial charge is 0.478 e. The summed E-state index contributed by atoms with van der Waals surface area (Å²) in [5, 5.41) is 9.05. The molecule has 1 aromatic carbocycles. The third-order valence-electron chi connectivity index (χ3n) is 2.21. The Morgan fingerprint density at radius 1 is 1.32 bits per heavy atom. The van der Waals surface area contributed by atoms with Crippen molar-refractivity contribution >= 4 is 28.8 Å². The average Bonchev–Trinajstić information content (AvgIpc) is 2.84. The van der Waals surface area contributed by atoms with Crippen LogP contribution in [0.3, 0.4) is 0 Å². The first-order valence-corrected chi connectivity index (χ1v) is 6.40. The van der Waals surface area contributed by atoms with E-state index in [1.165, 1.54) is 11.8 Å². The number of nitrogens with zero attached hydrogens (tertiary/aromatic N) is 1. The first-order chi connectivity index (χ1) is 9.15. The summed E-state index contributed by atoms with van der Waals surface area (Å²) in [6.07, 6.45) is 1.04. The number of carboxylic acids is 1. The van der Waals surface area contributed by atoms with Crippen molar-refractivity contribution in [3.8, 4) is 0 Å². The molecule has 0 radical (unpaired) electrons. The maximum absolute atomic E-state index is 11.7. The number of thioether (sulfide) groups is 1. The Labute approximate surface area is 113 Å². The summed E-state index contributed by atoms with van der Waals surface area (Å²) in [4.78, 5) is 26.2. The smallest absolute Gasteiger partial charge is 0.330 e. The monoisotopic (exact) mass is 277 g/mol. The second-order valence-corrected chi connectivity index (χ2v) is 4.59. The average molecular weight is 277 g/mol. The summed E-state index contributed by atoms with van der Waals surface area (Å²) in [7, 11) is 0. The fourth-order valence-electron chi connectivity index (χ4n) is 1.39. The molecule has 1 heterocycles. The van der Waals surface area contributed by atoms with Crippen molar-refractivity contribution in [3.63, 3.8) is 0 Å². The summed E-state index contributed by atoms with van der Waals surface area (Å²) in [5.41, 5.74) is 6.14. The Kier molecular flexibility index (Phi) is 4.19. The zero-order valence-electron chi connectivity index (χ0n) is 9.79. The second-order valence-electron chi connectivity index (χ2n) is 3.62. The van der Waals surface area contributed by atoms with Gasteiger partial charge in [0.2, 0.25) is 0 Å². The highest BCUT2D eigenvalue weighted by Gasteiger charge is 2.14. The number of benzene rings is 1. The van der Waals surface area contributed by atoms with E-state index < -0.39 is 5.97 Å². The number of carbonyl (C=O) groups excluding carboxylic acids is 1. The van der Waals surface area contributed by atoms with Gasteiger partial charge in [-0.15, -0.1) is 0 Å². The number of rotatable bonds is 2. The number of aliphatic carboxylic acids is 1. The molecule has 19 heavy (non-hydrogen) atoms. The SMILES string of the molecule is O=C(O)/C=C1\CSC(NNC(=O)c2ccccc2)=N1. The molecular weight excluding hydrogens is 266 g/mol. The van der Waals surface area contributed by atoms with Crippen LogP contribution in [0.4, 0.5) is 0 Å². The van der Waals surface area contributed by atoms with Crippen LogP contribution in [0.15, 0.2) is 47.1 Å². The first-order valence-electron chi connectivity index (χ1n) is 5.41. The number of carboxylic acid groups (broad SMARTS) is 1. The normalized spacial score (nSPS) is 16.0. The lowest BCUT2D eigenvalue weighted by atomic mass is 10.2. The Morgan fingerprint density at radius 2 is 2.05 bits per heavy atom. The molecule has 0 aromatic heterocycles. The summed E-state index contributed by atoms with van der Waals surface area (Å²) in [6, 6.07) is 8.74. The highest BCUT2D eigenvalue weighted by Crippen LogP contribution is 2.18. The minimum absolute atomic E-state index is 0.278. The lowest BCUT2D eigenvalue weighted by molar-refractivity contribution is -0.131. The van der Waals surface area contributed by atoms with Gasteiger partial charge >= 0.3 is 5.97 Å². The Balaban J connectivity index is 1.90. The lowest BCUT2D eigenvalue weighted by Gasteiger charge is -2.06. The van der Waals surface area contributed by atoms with Gasteiger partial charge in [0.15, 0.2) is 5.17 Å². The van der Waals surface area contributed by atoms with Crippen molar-refractivity contribution in [1.82, 2.24) is 10.9 Å². The molecule has 3 N–H and O–H groups in total. The number of aliphatic imine (C=N–C) groups is 1. The van der Waals surface area contributed by atoms with Gasteiger partial charge in [0, 0.05) is 17.4 Å². The predicted octanol–water partition coefficient (Wildman–Crippen LogP) is 0.992. The third kappa shape index (κ3) is 3.85. The molecule has 0 aliphatic carbocycles. The predicted molar refractivity (Wildman–Crippen MR) is 72.7 cm³/mol. The van der Waals surface area contributed by atoms with Crippen LogP contribution < -0.4 is 10.9 Å². The molecule has 7 heteroatoms. The quantitative estimate of drug-likeness (QED) is 0.554. The van der Waals surface area contributed by atoms with E-state index in [1.807, 2.05) is 6.07 Å². The number of nitrogens with one attached hydrogen (secondary N) is 2. The highest BCUT2D eigenvalue weighted by molar-refractivity contribution is 8.14. The Morgan fingerprint density at radius 3 is 2.74 bits per heavy atom. The van der Waals surface area contributed by atoms with E-state index in [4.69, 9.17) is 5.11 Å². The van der Waals surface area contributed by atoms with Gasteiger partial charge in [0.25, 0.3) is 5.91 Å². The molecule has 98 valence electrons. The standard InChI is InChI=1S/C12H11N3O3S/c16-10(17)6-9-7-19-12(13-9)15-14-11(18)8-4-2-1-3-5-8/h1-6H,7H2,(H,13,15)(H,14,18)(H,16,17)/b9-6+. The van der Waals surface area contributed by atoms with Gasteiger partial charge in [-0.2, -0.15) is 0 Å². The number of hydrogen-bond acceptors (Lipinski definition) is 5. The number of carbonyl (C=O) groups is 2. The van der Waals surface area contributed by atoms with Crippen molar-refractivity contribution in [2.75, 3.05) is 5.75 Å². The van der Waals surface area contributed by atoms with Crippen LogP contribution in [0.2, 0.25) is 0 Å². The van der Waals surface area contributed by atoms with E-state index in [2.05, 4.69) is 15.8 Å². The maximum atomic E-state index is 11.7. The van der Waals surface area contributed by atoms with Gasteiger partial charge in [0.05, 0.1) is 5.70 Å². The number of amidine groups is 1. The van der Waals surface area contributed by atoms with Gasteiger partial charge in [-0.3, -0.25) is 15.6 Å². The zero-order chi connectivity index (χ0) is 13.7. The summed E-state index contributed by atoms with van der Waals surface area (Å²) in [5.74, 6) is -0.843. The van der Waals surface area contributed by atoms with Gasteiger partial charge < -0.3 is 5.11 Å². The summed E-state index contributed by atoms with van der Waals surface area (Å²) >= 11 is 1.32. The maximum Gasteiger partial charge on any atom is 0.330 e.